The molecule has 2 aromatic carbocycles. The van der Waals surface area contributed by atoms with Crippen molar-refractivity contribution >= 4 is 35.1 Å². The standard InChI is InChI=1S/C22H18F2N4O3S/c1-11-6-7-13(23)8-16(11)25-20(30)14-9-17(29)26-19-18(14)21(31)28-22(27-19)32-10-12-4-2-3-5-15(12)24/h2-8,14H,9-10H2,1H3,(H,25,30)(H2,26,27,28,29,31). The van der Waals surface area contributed by atoms with E-state index in [1.54, 1.807) is 25.1 Å². The van der Waals surface area contributed by atoms with Gasteiger partial charge in [-0.15, -0.1) is 0 Å². The van der Waals surface area contributed by atoms with Gasteiger partial charge in [-0.1, -0.05) is 36.0 Å². The van der Waals surface area contributed by atoms with Gasteiger partial charge in [0.2, 0.25) is 11.8 Å². The van der Waals surface area contributed by atoms with Crippen LogP contribution in [0, 0.1) is 18.6 Å². The van der Waals surface area contributed by atoms with Crippen LogP contribution in [0.1, 0.15) is 29.0 Å². The Labute approximate surface area is 185 Å². The van der Waals surface area contributed by atoms with Crippen LogP contribution in [-0.4, -0.2) is 21.8 Å². The molecule has 1 atom stereocenters. The maximum atomic E-state index is 13.8. The number of benzene rings is 2. The average Bonchev–Trinajstić information content (AvgIpc) is 2.75. The maximum Gasteiger partial charge on any atom is 0.257 e. The number of thioether (sulfide) groups is 1. The minimum Gasteiger partial charge on any atom is -0.325 e. The Morgan fingerprint density at radius 2 is 2.00 bits per heavy atom. The Kier molecular flexibility index (Phi) is 6.04. The largest absolute Gasteiger partial charge is 0.325 e. The van der Waals surface area contributed by atoms with E-state index in [-0.39, 0.29) is 40.2 Å². The Bertz CT molecular complexity index is 1280. The van der Waals surface area contributed by atoms with Crippen LogP contribution in [0.3, 0.4) is 0 Å². The molecule has 3 aromatic rings. The van der Waals surface area contributed by atoms with Crippen LogP contribution < -0.4 is 16.2 Å². The number of rotatable bonds is 5. The Hall–Kier alpha value is -3.53. The van der Waals surface area contributed by atoms with Gasteiger partial charge < -0.3 is 15.6 Å². The zero-order chi connectivity index (χ0) is 22.8. The number of nitrogens with zero attached hydrogens (tertiary/aromatic N) is 1. The minimum atomic E-state index is -1.09. The van der Waals surface area contributed by atoms with Crippen LogP contribution in [0.4, 0.5) is 20.3 Å². The van der Waals surface area contributed by atoms with Gasteiger partial charge in [0.05, 0.1) is 11.5 Å². The first-order chi connectivity index (χ1) is 15.3. The first-order valence-corrected chi connectivity index (χ1v) is 10.7. The number of fused-ring (bicyclic) bond motifs is 1. The monoisotopic (exact) mass is 456 g/mol. The normalized spacial score (nSPS) is 15.1. The van der Waals surface area contributed by atoms with Crippen LogP contribution in [0.25, 0.3) is 0 Å². The van der Waals surface area contributed by atoms with Crippen LogP contribution in [0.15, 0.2) is 52.4 Å². The van der Waals surface area contributed by atoms with E-state index in [1.165, 1.54) is 24.3 Å². The summed E-state index contributed by atoms with van der Waals surface area (Å²) in [6.45, 7) is 1.70. The van der Waals surface area contributed by atoms with Gasteiger partial charge in [-0.25, -0.2) is 13.8 Å². The second-order valence-electron chi connectivity index (χ2n) is 7.27. The van der Waals surface area contributed by atoms with Crippen molar-refractivity contribution in [2.75, 3.05) is 10.6 Å². The van der Waals surface area contributed by atoms with Crippen molar-refractivity contribution in [3.05, 3.63) is 81.1 Å². The van der Waals surface area contributed by atoms with Gasteiger partial charge in [-0.05, 0) is 36.2 Å². The van der Waals surface area contributed by atoms with Gasteiger partial charge >= 0.3 is 0 Å². The molecule has 32 heavy (non-hydrogen) atoms. The van der Waals surface area contributed by atoms with Crippen molar-refractivity contribution in [3.8, 4) is 0 Å². The fourth-order valence-corrected chi connectivity index (χ4v) is 4.20. The van der Waals surface area contributed by atoms with Crippen LogP contribution >= 0.6 is 11.8 Å². The molecule has 1 aliphatic rings. The maximum absolute atomic E-state index is 13.8. The summed E-state index contributed by atoms with van der Waals surface area (Å²) in [6, 6.07) is 10.2. The van der Waals surface area contributed by atoms with E-state index in [0.29, 0.717) is 11.1 Å². The predicted molar refractivity (Wildman–Crippen MR) is 117 cm³/mol. The molecule has 1 unspecified atom stereocenters. The SMILES string of the molecule is Cc1ccc(F)cc1NC(=O)C1CC(=O)Nc2nc(SCc3ccccc3F)[nH]c(=O)c21. The second kappa shape index (κ2) is 8.91. The van der Waals surface area contributed by atoms with Gasteiger partial charge in [-0.2, -0.15) is 0 Å². The van der Waals surface area contributed by atoms with Crippen molar-refractivity contribution in [2.24, 2.45) is 0 Å². The molecular formula is C22H18F2N4O3S. The lowest BCUT2D eigenvalue weighted by Crippen LogP contribution is -2.36. The third kappa shape index (κ3) is 4.54. The molecule has 3 N–H and O–H groups in total. The summed E-state index contributed by atoms with van der Waals surface area (Å²) in [7, 11) is 0. The molecule has 0 radical (unpaired) electrons. The molecule has 4 rings (SSSR count). The molecule has 2 heterocycles. The number of hydrogen-bond donors (Lipinski definition) is 3. The number of aryl methyl sites for hydroxylation is 1. The fraction of sp³-hybridized carbons (Fsp3) is 0.182. The highest BCUT2D eigenvalue weighted by molar-refractivity contribution is 7.98. The van der Waals surface area contributed by atoms with E-state index in [2.05, 4.69) is 20.6 Å². The number of carbonyl (C=O) groups is 2. The zero-order valence-electron chi connectivity index (χ0n) is 16.9. The van der Waals surface area contributed by atoms with Crippen molar-refractivity contribution in [2.45, 2.75) is 30.2 Å². The lowest BCUT2D eigenvalue weighted by molar-refractivity contribution is -0.123. The number of aromatic nitrogens is 2. The quantitative estimate of drug-likeness (QED) is 0.401. The molecule has 0 bridgehead atoms. The highest BCUT2D eigenvalue weighted by atomic mass is 32.2. The topological polar surface area (TPSA) is 104 Å². The summed E-state index contributed by atoms with van der Waals surface area (Å²) in [5.41, 5.74) is 0.759. The van der Waals surface area contributed by atoms with E-state index in [1.807, 2.05) is 0 Å². The first-order valence-electron chi connectivity index (χ1n) is 9.69. The summed E-state index contributed by atoms with van der Waals surface area (Å²) < 4.78 is 27.4. The summed E-state index contributed by atoms with van der Waals surface area (Å²) in [5, 5.41) is 5.29. The smallest absolute Gasteiger partial charge is 0.257 e. The Morgan fingerprint density at radius 3 is 2.78 bits per heavy atom. The predicted octanol–water partition coefficient (Wildman–Crippen LogP) is 3.71. The summed E-state index contributed by atoms with van der Waals surface area (Å²) in [6.07, 6.45) is -0.250. The molecule has 1 aromatic heterocycles. The lowest BCUT2D eigenvalue weighted by Gasteiger charge is -2.23. The second-order valence-corrected chi connectivity index (χ2v) is 8.23. The summed E-state index contributed by atoms with van der Waals surface area (Å²) in [5.74, 6) is -2.89. The Morgan fingerprint density at radius 1 is 1.22 bits per heavy atom. The number of amides is 2. The van der Waals surface area contributed by atoms with E-state index in [4.69, 9.17) is 0 Å². The number of carbonyl (C=O) groups excluding carboxylic acids is 2. The molecule has 0 aliphatic carbocycles. The average molecular weight is 456 g/mol. The number of anilines is 2. The first kappa shape index (κ1) is 21.7. The number of H-pyrrole nitrogens is 1. The van der Waals surface area contributed by atoms with Gasteiger partial charge in [0, 0.05) is 17.9 Å². The van der Waals surface area contributed by atoms with Gasteiger partial charge in [0.1, 0.15) is 17.5 Å². The van der Waals surface area contributed by atoms with Crippen LogP contribution in [-0.2, 0) is 15.3 Å². The third-order valence-corrected chi connectivity index (χ3v) is 5.95. The zero-order valence-corrected chi connectivity index (χ0v) is 17.7. The van der Waals surface area contributed by atoms with Crippen molar-refractivity contribution in [1.29, 1.82) is 0 Å². The van der Waals surface area contributed by atoms with Crippen LogP contribution in [0.2, 0.25) is 0 Å². The summed E-state index contributed by atoms with van der Waals surface area (Å²) in [4.78, 5) is 44.7. The molecule has 2 amide bonds. The van der Waals surface area contributed by atoms with Crippen molar-refractivity contribution in [3.63, 3.8) is 0 Å². The molecule has 0 saturated heterocycles. The number of nitrogens with one attached hydrogen (secondary N) is 3. The fourth-order valence-electron chi connectivity index (χ4n) is 3.35. The van der Waals surface area contributed by atoms with Gasteiger partial charge in [0.15, 0.2) is 5.16 Å². The van der Waals surface area contributed by atoms with Crippen LogP contribution in [0.5, 0.6) is 0 Å². The number of halogens is 2. The Balaban J connectivity index is 1.60. The van der Waals surface area contributed by atoms with Gasteiger partial charge in [-0.3, -0.25) is 14.4 Å². The lowest BCUT2D eigenvalue weighted by atomic mass is 9.92. The number of aromatic amines is 1. The number of hydrogen-bond acceptors (Lipinski definition) is 5. The van der Waals surface area contributed by atoms with Crippen molar-refractivity contribution < 1.29 is 18.4 Å². The molecule has 0 spiro atoms. The highest BCUT2D eigenvalue weighted by Gasteiger charge is 2.35. The molecular weight excluding hydrogens is 438 g/mol. The molecule has 0 fully saturated rings. The van der Waals surface area contributed by atoms with Crippen molar-refractivity contribution in [1.82, 2.24) is 9.97 Å². The van der Waals surface area contributed by atoms with Gasteiger partial charge in [0.25, 0.3) is 5.56 Å². The van der Waals surface area contributed by atoms with E-state index in [9.17, 15) is 23.2 Å². The van der Waals surface area contributed by atoms with E-state index >= 15 is 0 Å². The highest BCUT2D eigenvalue weighted by Crippen LogP contribution is 2.31. The summed E-state index contributed by atoms with van der Waals surface area (Å²) >= 11 is 1.09. The molecule has 7 nitrogen and oxygen atoms in total. The minimum absolute atomic E-state index is 0.0165. The third-order valence-electron chi connectivity index (χ3n) is 5.03. The molecule has 10 heteroatoms. The van der Waals surface area contributed by atoms with E-state index < -0.39 is 29.1 Å². The molecule has 0 saturated carbocycles. The molecule has 1 aliphatic heterocycles. The molecule has 164 valence electrons. The van der Waals surface area contributed by atoms with E-state index in [0.717, 1.165) is 11.8 Å².